The Morgan fingerprint density at radius 2 is 1.97 bits per heavy atom. The highest BCUT2D eigenvalue weighted by atomic mass is 32.1. The quantitative estimate of drug-likeness (QED) is 0.472. The van der Waals surface area contributed by atoms with Crippen molar-refractivity contribution in [1.82, 2.24) is 20.3 Å². The number of thiazole rings is 1. The van der Waals surface area contributed by atoms with E-state index in [0.717, 1.165) is 33.1 Å². The smallest absolute Gasteiger partial charge is 0.226 e. The monoisotopic (exact) mass is 404 g/mol. The zero-order chi connectivity index (χ0) is 20.4. The number of amides is 1. The summed E-state index contributed by atoms with van der Waals surface area (Å²) in [5, 5.41) is 6.03. The molecule has 2 aromatic carbocycles. The van der Waals surface area contributed by atoms with Gasteiger partial charge in [0.25, 0.3) is 0 Å². The normalized spacial score (nSPS) is 12.4. The molecule has 1 atom stereocenters. The van der Waals surface area contributed by atoms with E-state index in [1.165, 1.54) is 5.56 Å². The van der Waals surface area contributed by atoms with Gasteiger partial charge >= 0.3 is 0 Å². The molecular formula is C23H24N4OS. The van der Waals surface area contributed by atoms with E-state index >= 15 is 0 Å². The van der Waals surface area contributed by atoms with Gasteiger partial charge in [0.15, 0.2) is 0 Å². The minimum Gasteiger partial charge on any atom is -0.346 e. The maximum absolute atomic E-state index is 12.7. The first kappa shape index (κ1) is 19.3. The summed E-state index contributed by atoms with van der Waals surface area (Å²) in [5.74, 6) is 0.941. The fraction of sp³-hybridized carbons (Fsp3) is 0.261. The Labute approximate surface area is 174 Å². The molecule has 5 nitrogen and oxygen atoms in total. The van der Waals surface area contributed by atoms with Gasteiger partial charge in [-0.15, -0.1) is 11.3 Å². The lowest BCUT2D eigenvalue weighted by molar-refractivity contribution is -0.121. The number of carbonyl (C=O) groups excluding carboxylic acids is 1. The predicted octanol–water partition coefficient (Wildman–Crippen LogP) is 5.05. The van der Waals surface area contributed by atoms with Crippen molar-refractivity contribution in [3.8, 4) is 10.6 Å². The molecule has 0 aliphatic carbocycles. The molecule has 1 unspecified atom stereocenters. The number of H-pyrrole nitrogens is 1. The molecule has 29 heavy (non-hydrogen) atoms. The second-order valence-corrected chi connectivity index (χ2v) is 8.48. The first-order chi connectivity index (χ1) is 14.0. The van der Waals surface area contributed by atoms with Crippen LogP contribution in [0.2, 0.25) is 0 Å². The van der Waals surface area contributed by atoms with Crippen molar-refractivity contribution in [3.63, 3.8) is 0 Å². The van der Waals surface area contributed by atoms with E-state index in [9.17, 15) is 4.79 Å². The molecule has 0 bridgehead atoms. The average molecular weight is 405 g/mol. The maximum atomic E-state index is 12.7. The topological polar surface area (TPSA) is 70.7 Å². The van der Waals surface area contributed by atoms with Crippen LogP contribution in [-0.4, -0.2) is 20.9 Å². The van der Waals surface area contributed by atoms with E-state index in [0.29, 0.717) is 0 Å². The Morgan fingerprint density at radius 3 is 2.72 bits per heavy atom. The number of nitrogens with zero attached hydrogens (tertiary/aromatic N) is 2. The van der Waals surface area contributed by atoms with Gasteiger partial charge < -0.3 is 10.3 Å². The average Bonchev–Trinajstić information content (AvgIpc) is 3.32. The Morgan fingerprint density at radius 1 is 1.14 bits per heavy atom. The SMILES string of the molecule is Cc1cccc(-c2nc(CC(=O)NC(c3nc4ccccc4[nH]3)C(C)C)cs2)c1. The predicted molar refractivity (Wildman–Crippen MR) is 118 cm³/mol. The molecule has 2 aromatic heterocycles. The lowest BCUT2D eigenvalue weighted by atomic mass is 10.0. The van der Waals surface area contributed by atoms with E-state index in [1.807, 2.05) is 41.8 Å². The third kappa shape index (κ3) is 4.38. The number of hydrogen-bond donors (Lipinski definition) is 2. The van der Waals surface area contributed by atoms with E-state index in [4.69, 9.17) is 0 Å². The van der Waals surface area contributed by atoms with Gasteiger partial charge in [-0.2, -0.15) is 0 Å². The number of hydrogen-bond acceptors (Lipinski definition) is 4. The molecule has 0 spiro atoms. The maximum Gasteiger partial charge on any atom is 0.226 e. The second kappa shape index (κ2) is 8.17. The second-order valence-electron chi connectivity index (χ2n) is 7.62. The van der Waals surface area contributed by atoms with E-state index in [-0.39, 0.29) is 24.3 Å². The van der Waals surface area contributed by atoms with Gasteiger partial charge in [0.05, 0.1) is 29.2 Å². The van der Waals surface area contributed by atoms with Gasteiger partial charge in [0.1, 0.15) is 10.8 Å². The van der Waals surface area contributed by atoms with Crippen LogP contribution in [0.25, 0.3) is 21.6 Å². The Hall–Kier alpha value is -2.99. The van der Waals surface area contributed by atoms with Gasteiger partial charge in [0, 0.05) is 10.9 Å². The van der Waals surface area contributed by atoms with E-state index in [2.05, 4.69) is 53.2 Å². The highest BCUT2D eigenvalue weighted by Gasteiger charge is 2.22. The zero-order valence-electron chi connectivity index (χ0n) is 16.8. The number of aromatic amines is 1. The molecule has 1 amide bonds. The summed E-state index contributed by atoms with van der Waals surface area (Å²) in [6.07, 6.45) is 0.256. The largest absolute Gasteiger partial charge is 0.346 e. The fourth-order valence-electron chi connectivity index (χ4n) is 3.36. The number of fused-ring (bicyclic) bond motifs is 1. The molecule has 4 rings (SSSR count). The van der Waals surface area contributed by atoms with Crippen molar-refractivity contribution in [2.24, 2.45) is 5.92 Å². The van der Waals surface area contributed by atoms with Crippen molar-refractivity contribution < 1.29 is 4.79 Å². The fourth-order valence-corrected chi connectivity index (χ4v) is 4.18. The highest BCUT2D eigenvalue weighted by molar-refractivity contribution is 7.13. The molecule has 2 N–H and O–H groups in total. The summed E-state index contributed by atoms with van der Waals surface area (Å²) < 4.78 is 0. The van der Waals surface area contributed by atoms with Crippen LogP contribution in [0.3, 0.4) is 0 Å². The zero-order valence-corrected chi connectivity index (χ0v) is 17.6. The summed E-state index contributed by atoms with van der Waals surface area (Å²) in [5.41, 5.74) is 4.96. The number of aryl methyl sites for hydroxylation is 1. The van der Waals surface area contributed by atoms with Crippen molar-refractivity contribution in [1.29, 1.82) is 0 Å². The molecule has 0 fully saturated rings. The van der Waals surface area contributed by atoms with Gasteiger partial charge in [0.2, 0.25) is 5.91 Å². The molecule has 0 saturated heterocycles. The number of nitrogens with one attached hydrogen (secondary N) is 2. The van der Waals surface area contributed by atoms with Crippen LogP contribution in [-0.2, 0) is 11.2 Å². The number of aromatic nitrogens is 3. The summed E-state index contributed by atoms with van der Waals surface area (Å²) in [4.78, 5) is 25.4. The molecule has 6 heteroatoms. The van der Waals surface area contributed by atoms with E-state index < -0.39 is 0 Å². The lowest BCUT2D eigenvalue weighted by Gasteiger charge is -2.20. The minimum atomic E-state index is -0.176. The molecule has 0 saturated carbocycles. The van der Waals surface area contributed by atoms with Gasteiger partial charge in [-0.25, -0.2) is 9.97 Å². The minimum absolute atomic E-state index is 0.0507. The van der Waals surface area contributed by atoms with Crippen molar-refractivity contribution >= 4 is 28.3 Å². The van der Waals surface area contributed by atoms with Gasteiger partial charge in [-0.3, -0.25) is 4.79 Å². The Bertz CT molecular complexity index is 1110. The Kier molecular flexibility index (Phi) is 5.45. The van der Waals surface area contributed by atoms with E-state index in [1.54, 1.807) is 11.3 Å². The summed E-state index contributed by atoms with van der Waals surface area (Å²) in [6, 6.07) is 16.0. The van der Waals surface area contributed by atoms with Crippen molar-refractivity contribution in [2.45, 2.75) is 33.2 Å². The highest BCUT2D eigenvalue weighted by Crippen LogP contribution is 2.25. The Balaban J connectivity index is 1.47. The molecule has 0 aliphatic rings. The molecule has 0 radical (unpaired) electrons. The summed E-state index contributed by atoms with van der Waals surface area (Å²) >= 11 is 1.57. The standard InChI is InChI=1S/C23H24N4OS/c1-14(2)21(22-25-18-9-4-5-10-19(18)26-22)27-20(28)12-17-13-29-23(24-17)16-8-6-7-15(3)11-16/h4-11,13-14,21H,12H2,1-3H3,(H,25,26)(H,27,28). The van der Waals surface area contributed by atoms with Crippen LogP contribution >= 0.6 is 11.3 Å². The molecule has 148 valence electrons. The van der Waals surface area contributed by atoms with Crippen LogP contribution in [0.15, 0.2) is 53.9 Å². The van der Waals surface area contributed by atoms with Gasteiger partial charge in [-0.1, -0.05) is 49.7 Å². The number of rotatable bonds is 6. The number of benzene rings is 2. The first-order valence-corrected chi connectivity index (χ1v) is 10.6. The van der Waals surface area contributed by atoms with Crippen LogP contribution in [0.4, 0.5) is 0 Å². The van der Waals surface area contributed by atoms with Gasteiger partial charge in [-0.05, 0) is 31.0 Å². The molecule has 0 aliphatic heterocycles. The molecule has 4 aromatic rings. The van der Waals surface area contributed by atoms with Crippen LogP contribution in [0.1, 0.15) is 37.0 Å². The molecule has 2 heterocycles. The van der Waals surface area contributed by atoms with Crippen molar-refractivity contribution in [2.75, 3.05) is 0 Å². The first-order valence-electron chi connectivity index (χ1n) is 9.75. The third-order valence-corrected chi connectivity index (χ3v) is 5.78. The third-order valence-electron chi connectivity index (χ3n) is 4.84. The van der Waals surface area contributed by atoms with Crippen LogP contribution < -0.4 is 5.32 Å². The number of para-hydroxylation sites is 2. The van der Waals surface area contributed by atoms with Crippen LogP contribution in [0, 0.1) is 12.8 Å². The number of imidazole rings is 1. The van der Waals surface area contributed by atoms with Crippen molar-refractivity contribution in [3.05, 3.63) is 71.0 Å². The number of carbonyl (C=O) groups is 1. The molecular weight excluding hydrogens is 380 g/mol. The summed E-state index contributed by atoms with van der Waals surface area (Å²) in [7, 11) is 0. The summed E-state index contributed by atoms with van der Waals surface area (Å²) in [6.45, 7) is 6.23. The lowest BCUT2D eigenvalue weighted by Crippen LogP contribution is -2.33. The van der Waals surface area contributed by atoms with Crippen LogP contribution in [0.5, 0.6) is 0 Å².